The standard InChI is InChI=1S/C21H30N4O/c1-16(2)18-7-9-19(10-8-18)23-20-5-4-12-25(15-20)21(26)11-6-17-13-22-24(3)14-17/h7-10,13-14,16,20,23H,4-6,11-12,15H2,1-3H3/t20-/m1/s1. The van der Waals surface area contributed by atoms with Crippen LogP contribution in [0.15, 0.2) is 36.7 Å². The summed E-state index contributed by atoms with van der Waals surface area (Å²) in [6.07, 6.45) is 7.31. The van der Waals surface area contributed by atoms with Gasteiger partial charge in [0, 0.05) is 44.5 Å². The summed E-state index contributed by atoms with van der Waals surface area (Å²) in [4.78, 5) is 14.6. The maximum Gasteiger partial charge on any atom is 0.222 e. The van der Waals surface area contributed by atoms with Crippen LogP contribution in [0, 0.1) is 0 Å². The summed E-state index contributed by atoms with van der Waals surface area (Å²) in [7, 11) is 1.90. The molecule has 1 aliphatic rings. The third kappa shape index (κ3) is 4.87. The number of piperidine rings is 1. The fraction of sp³-hybridized carbons (Fsp3) is 0.524. The second-order valence-corrected chi connectivity index (χ2v) is 7.62. The Morgan fingerprint density at radius 1 is 1.31 bits per heavy atom. The van der Waals surface area contributed by atoms with E-state index in [1.807, 2.05) is 24.3 Å². The van der Waals surface area contributed by atoms with E-state index in [9.17, 15) is 4.79 Å². The van der Waals surface area contributed by atoms with Gasteiger partial charge in [0.15, 0.2) is 0 Å². The lowest BCUT2D eigenvalue weighted by Crippen LogP contribution is -2.45. The highest BCUT2D eigenvalue weighted by atomic mass is 16.2. The van der Waals surface area contributed by atoms with Gasteiger partial charge in [0.2, 0.25) is 5.91 Å². The number of rotatable bonds is 6. The van der Waals surface area contributed by atoms with Gasteiger partial charge in [-0.05, 0) is 48.4 Å². The number of likely N-dealkylation sites (tertiary alicyclic amines) is 1. The molecular weight excluding hydrogens is 324 g/mol. The van der Waals surface area contributed by atoms with Gasteiger partial charge < -0.3 is 10.2 Å². The zero-order valence-electron chi connectivity index (χ0n) is 16.1. The highest BCUT2D eigenvalue weighted by molar-refractivity contribution is 5.76. The minimum Gasteiger partial charge on any atom is -0.381 e. The summed E-state index contributed by atoms with van der Waals surface area (Å²) >= 11 is 0. The summed E-state index contributed by atoms with van der Waals surface area (Å²) in [5.41, 5.74) is 3.62. The van der Waals surface area contributed by atoms with Crippen molar-refractivity contribution in [1.82, 2.24) is 14.7 Å². The lowest BCUT2D eigenvalue weighted by Gasteiger charge is -2.34. The van der Waals surface area contributed by atoms with Crippen molar-refractivity contribution >= 4 is 11.6 Å². The first-order valence-electron chi connectivity index (χ1n) is 9.63. The first-order valence-corrected chi connectivity index (χ1v) is 9.63. The van der Waals surface area contributed by atoms with E-state index < -0.39 is 0 Å². The van der Waals surface area contributed by atoms with E-state index in [0.29, 0.717) is 18.4 Å². The van der Waals surface area contributed by atoms with Crippen molar-refractivity contribution in [1.29, 1.82) is 0 Å². The molecule has 1 aliphatic heterocycles. The van der Waals surface area contributed by atoms with Crippen molar-refractivity contribution in [2.45, 2.75) is 51.5 Å². The highest BCUT2D eigenvalue weighted by Gasteiger charge is 2.23. The number of nitrogens with one attached hydrogen (secondary N) is 1. The predicted molar refractivity (Wildman–Crippen MR) is 105 cm³/mol. The molecule has 1 atom stereocenters. The zero-order chi connectivity index (χ0) is 18.5. The Labute approximate surface area is 156 Å². The fourth-order valence-electron chi connectivity index (χ4n) is 3.53. The SMILES string of the molecule is CC(C)c1ccc(N[C@@H]2CCCN(C(=O)CCc3cnn(C)c3)C2)cc1. The molecular formula is C21H30N4O. The quantitative estimate of drug-likeness (QED) is 0.863. The van der Waals surface area contributed by atoms with Gasteiger partial charge in [0.25, 0.3) is 0 Å². The van der Waals surface area contributed by atoms with Crippen LogP contribution in [0.5, 0.6) is 0 Å². The van der Waals surface area contributed by atoms with Crippen LogP contribution in [0.3, 0.4) is 0 Å². The Bertz CT molecular complexity index is 720. The van der Waals surface area contributed by atoms with E-state index in [1.54, 1.807) is 4.68 Å². The van der Waals surface area contributed by atoms with Gasteiger partial charge in [-0.25, -0.2) is 0 Å². The Morgan fingerprint density at radius 3 is 2.73 bits per heavy atom. The second kappa shape index (κ2) is 8.39. The van der Waals surface area contributed by atoms with Gasteiger partial charge in [-0.2, -0.15) is 5.10 Å². The first kappa shape index (κ1) is 18.5. The Kier molecular flexibility index (Phi) is 5.96. The number of amides is 1. The molecule has 0 spiro atoms. The van der Waals surface area contributed by atoms with E-state index in [-0.39, 0.29) is 5.91 Å². The smallest absolute Gasteiger partial charge is 0.222 e. The fourth-order valence-corrected chi connectivity index (χ4v) is 3.53. The van der Waals surface area contributed by atoms with Crippen molar-refractivity contribution in [3.05, 3.63) is 47.8 Å². The van der Waals surface area contributed by atoms with Crippen molar-refractivity contribution in [3.8, 4) is 0 Å². The number of anilines is 1. The maximum absolute atomic E-state index is 12.6. The van der Waals surface area contributed by atoms with Gasteiger partial charge in [0.1, 0.15) is 0 Å². The van der Waals surface area contributed by atoms with Crippen LogP contribution in [-0.4, -0.2) is 39.7 Å². The van der Waals surface area contributed by atoms with Crippen LogP contribution in [0.2, 0.25) is 0 Å². The van der Waals surface area contributed by atoms with E-state index in [4.69, 9.17) is 0 Å². The second-order valence-electron chi connectivity index (χ2n) is 7.62. The highest BCUT2D eigenvalue weighted by Crippen LogP contribution is 2.20. The molecule has 140 valence electrons. The summed E-state index contributed by atoms with van der Waals surface area (Å²) in [5.74, 6) is 0.794. The van der Waals surface area contributed by atoms with Crippen LogP contribution >= 0.6 is 0 Å². The number of aromatic nitrogens is 2. The Morgan fingerprint density at radius 2 is 2.08 bits per heavy atom. The molecule has 1 aromatic heterocycles. The molecule has 0 aliphatic carbocycles. The number of aryl methyl sites for hydroxylation is 2. The molecule has 5 heteroatoms. The van der Waals surface area contributed by atoms with E-state index in [0.717, 1.165) is 43.6 Å². The van der Waals surface area contributed by atoms with Crippen molar-refractivity contribution in [2.24, 2.45) is 7.05 Å². The van der Waals surface area contributed by atoms with Gasteiger partial charge in [0.05, 0.1) is 6.20 Å². The molecule has 1 fully saturated rings. The zero-order valence-corrected chi connectivity index (χ0v) is 16.1. The van der Waals surface area contributed by atoms with Gasteiger partial charge in [-0.1, -0.05) is 26.0 Å². The first-order chi connectivity index (χ1) is 12.5. The number of carbonyl (C=O) groups is 1. The molecule has 0 unspecified atom stereocenters. The van der Waals surface area contributed by atoms with Crippen molar-refractivity contribution in [2.75, 3.05) is 18.4 Å². The van der Waals surface area contributed by atoms with Crippen LogP contribution in [0.1, 0.15) is 50.2 Å². The number of hydrogen-bond acceptors (Lipinski definition) is 3. The number of nitrogens with zero attached hydrogens (tertiary/aromatic N) is 3. The molecule has 3 rings (SSSR count). The molecule has 1 amide bonds. The van der Waals surface area contributed by atoms with Gasteiger partial charge in [-0.3, -0.25) is 9.48 Å². The predicted octanol–water partition coefficient (Wildman–Crippen LogP) is 3.58. The molecule has 0 radical (unpaired) electrons. The summed E-state index contributed by atoms with van der Waals surface area (Å²) < 4.78 is 1.78. The lowest BCUT2D eigenvalue weighted by atomic mass is 10.0. The van der Waals surface area contributed by atoms with Crippen molar-refractivity contribution in [3.63, 3.8) is 0 Å². The minimum atomic E-state index is 0.246. The number of hydrogen-bond donors (Lipinski definition) is 1. The molecule has 1 aromatic carbocycles. The summed E-state index contributed by atoms with van der Waals surface area (Å²) in [5, 5.41) is 7.77. The topological polar surface area (TPSA) is 50.2 Å². The summed E-state index contributed by atoms with van der Waals surface area (Å²) in [6, 6.07) is 9.01. The third-order valence-electron chi connectivity index (χ3n) is 5.11. The van der Waals surface area contributed by atoms with Crippen LogP contribution < -0.4 is 5.32 Å². The molecule has 0 saturated carbocycles. The number of carbonyl (C=O) groups excluding carboxylic acids is 1. The molecule has 0 bridgehead atoms. The summed E-state index contributed by atoms with van der Waals surface area (Å²) in [6.45, 7) is 6.07. The van der Waals surface area contributed by atoms with Crippen LogP contribution in [0.4, 0.5) is 5.69 Å². The monoisotopic (exact) mass is 354 g/mol. The van der Waals surface area contributed by atoms with Gasteiger partial charge >= 0.3 is 0 Å². The van der Waals surface area contributed by atoms with E-state index >= 15 is 0 Å². The van der Waals surface area contributed by atoms with E-state index in [2.05, 4.69) is 48.5 Å². The number of benzene rings is 1. The molecule has 2 heterocycles. The van der Waals surface area contributed by atoms with Crippen molar-refractivity contribution < 1.29 is 4.79 Å². The Balaban J connectivity index is 1.50. The average Bonchev–Trinajstić information content (AvgIpc) is 3.06. The van der Waals surface area contributed by atoms with Crippen LogP contribution in [0.25, 0.3) is 0 Å². The Hall–Kier alpha value is -2.30. The lowest BCUT2D eigenvalue weighted by molar-refractivity contribution is -0.132. The van der Waals surface area contributed by atoms with Gasteiger partial charge in [-0.15, -0.1) is 0 Å². The minimum absolute atomic E-state index is 0.246. The largest absolute Gasteiger partial charge is 0.381 e. The molecule has 1 N–H and O–H groups in total. The molecule has 1 saturated heterocycles. The molecule has 26 heavy (non-hydrogen) atoms. The maximum atomic E-state index is 12.6. The third-order valence-corrected chi connectivity index (χ3v) is 5.11. The molecule has 5 nitrogen and oxygen atoms in total. The normalized spacial score (nSPS) is 17.5. The average molecular weight is 354 g/mol. The van der Waals surface area contributed by atoms with E-state index in [1.165, 1.54) is 5.56 Å². The van der Waals surface area contributed by atoms with Crippen LogP contribution in [-0.2, 0) is 18.3 Å². The molecule has 2 aromatic rings.